The van der Waals surface area contributed by atoms with Crippen LogP contribution < -0.4 is 15.5 Å². The number of carbonyl (C=O) groups excluding carboxylic acids is 2. The maximum Gasteiger partial charge on any atom is 0.313 e. The topological polar surface area (TPSA) is 62.6 Å². The van der Waals surface area contributed by atoms with Gasteiger partial charge in [-0.25, -0.2) is 0 Å². The minimum atomic E-state index is -0.620. The normalized spacial score (nSPS) is 10.4. The zero-order valence-corrected chi connectivity index (χ0v) is 12.5. The summed E-state index contributed by atoms with van der Waals surface area (Å²) in [5.41, 5.74) is 1.67. The van der Waals surface area contributed by atoms with Gasteiger partial charge in [0.2, 0.25) is 0 Å². The summed E-state index contributed by atoms with van der Waals surface area (Å²) in [6.45, 7) is 9.51. The third kappa shape index (κ3) is 5.40. The smallest absolute Gasteiger partial charge is 0.313 e. The van der Waals surface area contributed by atoms with E-state index in [4.69, 9.17) is 0 Å². The van der Waals surface area contributed by atoms with E-state index in [1.165, 1.54) is 4.90 Å². The average molecular weight is 278 g/mol. The van der Waals surface area contributed by atoms with Crippen molar-refractivity contribution in [3.05, 3.63) is 29.8 Å². The molecule has 0 aliphatic rings. The molecule has 1 aromatic rings. The molecule has 0 aromatic heterocycles. The van der Waals surface area contributed by atoms with Gasteiger partial charge in [-0.05, 0) is 38.5 Å². The van der Waals surface area contributed by atoms with Crippen molar-refractivity contribution in [3.8, 4) is 0 Å². The van der Waals surface area contributed by atoms with Gasteiger partial charge in [0, 0.05) is 5.69 Å². The van der Waals surface area contributed by atoms with Crippen LogP contribution in [0.25, 0.3) is 0 Å². The second-order valence-corrected chi connectivity index (χ2v) is 4.79. The Morgan fingerprint density at radius 1 is 1.15 bits per heavy atom. The van der Waals surface area contributed by atoms with Crippen molar-refractivity contribution in [2.75, 3.05) is 31.5 Å². The lowest BCUT2D eigenvalue weighted by Gasteiger charge is -2.15. The van der Waals surface area contributed by atoms with E-state index >= 15 is 0 Å². The molecule has 0 bridgehead atoms. The molecule has 5 heteroatoms. The van der Waals surface area contributed by atoms with Gasteiger partial charge in [0.25, 0.3) is 0 Å². The van der Waals surface area contributed by atoms with Gasteiger partial charge in [0.05, 0.1) is 26.2 Å². The van der Waals surface area contributed by atoms with Gasteiger partial charge in [-0.2, -0.15) is 0 Å². The first-order valence-electron chi connectivity index (χ1n) is 7.06. The summed E-state index contributed by atoms with van der Waals surface area (Å²) in [4.78, 5) is 24.8. The Morgan fingerprint density at radius 3 is 2.45 bits per heavy atom. The number of hydrogen-bond donors (Lipinski definition) is 3. The van der Waals surface area contributed by atoms with Crippen molar-refractivity contribution in [2.45, 2.75) is 20.8 Å². The largest absolute Gasteiger partial charge is 0.342 e. The van der Waals surface area contributed by atoms with E-state index in [1.807, 2.05) is 25.1 Å². The molecule has 0 atom stereocenters. The fourth-order valence-corrected chi connectivity index (χ4v) is 1.95. The summed E-state index contributed by atoms with van der Waals surface area (Å²) in [6, 6.07) is 7.36. The molecule has 3 N–H and O–H groups in total. The first-order valence-corrected chi connectivity index (χ1v) is 7.06. The SMILES string of the molecule is CC[NH+](CC)CCNC(=O)C(=O)Nc1cccc(C)c1. The van der Waals surface area contributed by atoms with Crippen molar-refractivity contribution in [3.63, 3.8) is 0 Å². The molecule has 0 spiro atoms. The zero-order valence-electron chi connectivity index (χ0n) is 12.5. The first kappa shape index (κ1) is 16.2. The number of quaternary nitrogens is 1. The molecule has 0 heterocycles. The molecule has 0 aliphatic heterocycles. The van der Waals surface area contributed by atoms with Crippen LogP contribution in [0.1, 0.15) is 19.4 Å². The lowest BCUT2D eigenvalue weighted by molar-refractivity contribution is -0.895. The van der Waals surface area contributed by atoms with Gasteiger partial charge >= 0.3 is 11.8 Å². The average Bonchev–Trinajstić information content (AvgIpc) is 2.43. The van der Waals surface area contributed by atoms with E-state index in [0.717, 1.165) is 25.2 Å². The fourth-order valence-electron chi connectivity index (χ4n) is 1.95. The lowest BCUT2D eigenvalue weighted by Crippen LogP contribution is -3.12. The third-order valence-electron chi connectivity index (χ3n) is 3.25. The van der Waals surface area contributed by atoms with E-state index in [0.29, 0.717) is 12.2 Å². The van der Waals surface area contributed by atoms with Crippen LogP contribution >= 0.6 is 0 Å². The molecule has 5 nitrogen and oxygen atoms in total. The predicted octanol–water partition coefficient (Wildman–Crippen LogP) is -0.0256. The third-order valence-corrected chi connectivity index (χ3v) is 3.25. The van der Waals surface area contributed by atoms with Crippen LogP contribution in [0.5, 0.6) is 0 Å². The van der Waals surface area contributed by atoms with E-state index in [2.05, 4.69) is 24.5 Å². The van der Waals surface area contributed by atoms with E-state index < -0.39 is 11.8 Å². The van der Waals surface area contributed by atoms with Crippen LogP contribution in [0, 0.1) is 6.92 Å². The van der Waals surface area contributed by atoms with Crippen molar-refractivity contribution < 1.29 is 14.5 Å². The number of hydrogen-bond acceptors (Lipinski definition) is 2. The summed E-state index contributed by atoms with van der Waals surface area (Å²) < 4.78 is 0. The van der Waals surface area contributed by atoms with Crippen LogP contribution in [-0.2, 0) is 9.59 Å². The number of amides is 2. The fraction of sp³-hybridized carbons (Fsp3) is 0.467. The minimum absolute atomic E-state index is 0.511. The van der Waals surface area contributed by atoms with E-state index in [9.17, 15) is 9.59 Å². The maximum absolute atomic E-state index is 11.7. The quantitative estimate of drug-likeness (QED) is 0.640. The molecule has 20 heavy (non-hydrogen) atoms. The molecule has 0 radical (unpaired) electrons. The van der Waals surface area contributed by atoms with Crippen molar-refractivity contribution in [2.24, 2.45) is 0 Å². The van der Waals surface area contributed by atoms with E-state index in [-0.39, 0.29) is 0 Å². The summed E-state index contributed by atoms with van der Waals surface area (Å²) in [5, 5.41) is 5.24. The van der Waals surface area contributed by atoms with Crippen LogP contribution in [0.3, 0.4) is 0 Å². The molecule has 0 aliphatic carbocycles. The Labute approximate surface area is 120 Å². The molecular weight excluding hydrogens is 254 g/mol. The standard InChI is InChI=1S/C15H23N3O2/c1-4-18(5-2)10-9-16-14(19)15(20)17-13-8-6-7-12(3)11-13/h6-8,11H,4-5,9-10H2,1-3H3,(H,16,19)(H,17,20)/p+1. The summed E-state index contributed by atoms with van der Waals surface area (Å²) in [5.74, 6) is -1.21. The Balaban J connectivity index is 2.38. The van der Waals surface area contributed by atoms with Crippen LogP contribution in [0.15, 0.2) is 24.3 Å². The van der Waals surface area contributed by atoms with Crippen LogP contribution in [0.2, 0.25) is 0 Å². The molecule has 2 amide bonds. The van der Waals surface area contributed by atoms with Crippen molar-refractivity contribution in [1.82, 2.24) is 5.32 Å². The first-order chi connectivity index (χ1) is 9.56. The number of rotatable bonds is 6. The predicted molar refractivity (Wildman–Crippen MR) is 79.7 cm³/mol. The maximum atomic E-state index is 11.7. The van der Waals surface area contributed by atoms with Crippen LogP contribution in [-0.4, -0.2) is 38.0 Å². The van der Waals surface area contributed by atoms with Gasteiger partial charge < -0.3 is 15.5 Å². The number of likely N-dealkylation sites (N-methyl/N-ethyl adjacent to an activating group) is 1. The lowest BCUT2D eigenvalue weighted by atomic mass is 10.2. The number of anilines is 1. The van der Waals surface area contributed by atoms with Gasteiger partial charge in [-0.3, -0.25) is 9.59 Å². The monoisotopic (exact) mass is 278 g/mol. The number of benzene rings is 1. The van der Waals surface area contributed by atoms with Gasteiger partial charge in [0.15, 0.2) is 0 Å². The van der Waals surface area contributed by atoms with Gasteiger partial charge in [-0.15, -0.1) is 0 Å². The number of carbonyl (C=O) groups is 2. The van der Waals surface area contributed by atoms with Crippen LogP contribution in [0.4, 0.5) is 5.69 Å². The minimum Gasteiger partial charge on any atom is -0.342 e. The Morgan fingerprint density at radius 2 is 1.85 bits per heavy atom. The highest BCUT2D eigenvalue weighted by atomic mass is 16.2. The molecule has 0 saturated carbocycles. The number of aryl methyl sites for hydroxylation is 1. The second-order valence-electron chi connectivity index (χ2n) is 4.79. The molecule has 0 fully saturated rings. The molecule has 0 saturated heterocycles. The highest BCUT2D eigenvalue weighted by molar-refractivity contribution is 6.39. The van der Waals surface area contributed by atoms with Gasteiger partial charge in [-0.1, -0.05) is 12.1 Å². The Bertz CT molecular complexity index is 456. The molecule has 1 aromatic carbocycles. The van der Waals surface area contributed by atoms with E-state index in [1.54, 1.807) is 6.07 Å². The highest BCUT2D eigenvalue weighted by Crippen LogP contribution is 2.08. The molecule has 1 rings (SSSR count). The second kappa shape index (κ2) is 8.32. The zero-order chi connectivity index (χ0) is 15.0. The molecular formula is C15H24N3O2+. The summed E-state index contributed by atoms with van der Waals surface area (Å²) >= 11 is 0. The molecule has 0 unspecified atom stereocenters. The highest BCUT2D eigenvalue weighted by Gasteiger charge is 2.14. The molecule has 110 valence electrons. The van der Waals surface area contributed by atoms with Gasteiger partial charge in [0.1, 0.15) is 0 Å². The van der Waals surface area contributed by atoms with Crippen molar-refractivity contribution >= 4 is 17.5 Å². The summed E-state index contributed by atoms with van der Waals surface area (Å²) in [7, 11) is 0. The Kier molecular flexibility index (Phi) is 6.73. The number of nitrogens with one attached hydrogen (secondary N) is 3. The van der Waals surface area contributed by atoms with Crippen molar-refractivity contribution in [1.29, 1.82) is 0 Å². The summed E-state index contributed by atoms with van der Waals surface area (Å²) in [6.07, 6.45) is 0. The Hall–Kier alpha value is -1.88.